The molecule has 0 atom stereocenters. The summed E-state index contributed by atoms with van der Waals surface area (Å²) in [6, 6.07) is 0. The molecule has 0 aliphatic heterocycles. The van der Waals surface area contributed by atoms with Gasteiger partial charge in [-0.1, -0.05) is 0 Å². The standard InChI is InChI=1S/CH2F.BrH.Mg/c1-2;;/h1H2;1H;/q;;+1/p-1. The highest BCUT2D eigenvalue weighted by atomic mass is 79.9. The molecule has 0 N–H and O–H groups in total. The molecule has 0 aliphatic carbocycles. The van der Waals surface area contributed by atoms with Gasteiger partial charge in [-0.3, -0.25) is 4.39 Å². The lowest BCUT2D eigenvalue weighted by Gasteiger charge is -1.56. The van der Waals surface area contributed by atoms with Crippen LogP contribution < -0.4 is 0 Å². The second-order valence-electron chi connectivity index (χ2n) is 0.378. The van der Waals surface area contributed by atoms with E-state index in [-0.39, 0.29) is 4.80 Å². The van der Waals surface area contributed by atoms with Crippen molar-refractivity contribution in [2.24, 2.45) is 0 Å². The van der Waals surface area contributed by atoms with Crippen LogP contribution in [0.2, 0.25) is 0 Å². The van der Waals surface area contributed by atoms with Crippen LogP contribution in [0.15, 0.2) is 0 Å². The number of halogens is 2. The van der Waals surface area contributed by atoms with E-state index in [1.165, 1.54) is 0 Å². The molecule has 0 fully saturated rings. The van der Waals surface area contributed by atoms with Gasteiger partial charge in [0.25, 0.3) is 0 Å². The largest absolute Gasteiger partial charge is 0.511 e. The quantitative estimate of drug-likeness (QED) is 0.472. The Balaban J connectivity index is 1.97. The van der Waals surface area contributed by atoms with E-state index >= 15 is 0 Å². The fourth-order valence-electron chi connectivity index (χ4n) is 0. The fourth-order valence-corrected chi connectivity index (χ4v) is 0. The maximum absolute atomic E-state index is 10.7. The zero-order valence-electron chi connectivity index (χ0n) is 2.17. The summed E-state index contributed by atoms with van der Waals surface area (Å²) >= 11 is 2.58. The zero-order chi connectivity index (χ0) is 3.41. The van der Waals surface area contributed by atoms with Gasteiger partial charge in [-0.2, -0.15) is 0 Å². The van der Waals surface area contributed by atoms with Gasteiger partial charge < -0.3 is 12.9 Å². The first-order valence-corrected chi connectivity index (χ1v) is 5.93. The first-order valence-electron chi connectivity index (χ1n) is 1.03. The lowest BCUT2D eigenvalue weighted by atomic mass is 11.8. The van der Waals surface area contributed by atoms with Gasteiger partial charge in [-0.25, -0.2) is 0 Å². The highest BCUT2D eigenvalue weighted by Crippen LogP contribution is 1.70. The summed E-state index contributed by atoms with van der Waals surface area (Å²) in [7, 11) is 0. The predicted octanol–water partition coefficient (Wildman–Crippen LogP) is 0.927. The van der Waals surface area contributed by atoms with E-state index in [9.17, 15) is 4.39 Å². The Morgan fingerprint density at radius 2 is 2.25 bits per heavy atom. The predicted molar refractivity (Wildman–Crippen MR) is 20.7 cm³/mol. The van der Waals surface area contributed by atoms with Gasteiger partial charge in [0.15, 0.2) is 0 Å². The first-order chi connectivity index (χ1) is 1.91. The van der Waals surface area contributed by atoms with E-state index in [4.69, 9.17) is 0 Å². The lowest BCUT2D eigenvalue weighted by Crippen LogP contribution is -1.72. The highest BCUT2D eigenvalue weighted by molar-refractivity contribution is 9.23. The lowest BCUT2D eigenvalue weighted by molar-refractivity contribution is 0.597. The minimum atomic E-state index is -0.430. The topological polar surface area (TPSA) is 0 Å². The molecule has 0 saturated carbocycles. The molecular formula is CH2BrFMg. The van der Waals surface area contributed by atoms with Gasteiger partial charge >= 0.3 is 18.2 Å². The maximum atomic E-state index is 10.7. The normalized spacial score (nSPS) is 5.50. The Kier molecular flexibility index (Phi) is 5.40. The van der Waals surface area contributed by atoms with Crippen molar-refractivity contribution in [3.63, 3.8) is 0 Å². The third-order valence-corrected chi connectivity index (χ3v) is 1.11. The van der Waals surface area contributed by atoms with Crippen LogP contribution in [0, 0.1) is 0 Å². The minimum absolute atomic E-state index is 0.125. The Morgan fingerprint density at radius 1 is 2.00 bits per heavy atom. The molecule has 0 bridgehead atoms. The van der Waals surface area contributed by atoms with Crippen LogP contribution in [0.25, 0.3) is 0 Å². The van der Waals surface area contributed by atoms with Crippen LogP contribution in [0.4, 0.5) is 4.39 Å². The third-order valence-electron chi connectivity index (χ3n) is 0.0714. The van der Waals surface area contributed by atoms with Gasteiger partial charge in [-0.05, 0) is 0 Å². The number of rotatable bonds is 1. The SMILES string of the molecule is F[CH2][Mg][Br]. The number of alkyl halides is 1. The molecule has 4 heavy (non-hydrogen) atoms. The average Bonchev–Trinajstić information content (AvgIpc) is 1.37. The van der Waals surface area contributed by atoms with Crippen LogP contribution in [-0.2, 0) is 0 Å². The van der Waals surface area contributed by atoms with Crippen LogP contribution in [0.1, 0.15) is 0 Å². The van der Waals surface area contributed by atoms with Gasteiger partial charge in [0.1, 0.15) is 0 Å². The Morgan fingerprint density at radius 3 is 2.25 bits per heavy atom. The third kappa shape index (κ3) is 3.18. The van der Waals surface area contributed by atoms with Crippen LogP contribution in [-0.4, -0.2) is 23.0 Å². The van der Waals surface area contributed by atoms with Crippen LogP contribution in [0.5, 0.6) is 0 Å². The van der Waals surface area contributed by atoms with Gasteiger partial charge in [0.05, 0.1) is 0 Å². The van der Waals surface area contributed by atoms with Crippen LogP contribution in [0.3, 0.4) is 0 Å². The highest BCUT2D eigenvalue weighted by Gasteiger charge is 1.77. The summed E-state index contributed by atoms with van der Waals surface area (Å²) in [5.74, 6) is 0. The molecule has 0 aromatic heterocycles. The molecule has 0 aromatic rings. The Bertz CT molecular complexity index is 10.0. The van der Waals surface area contributed by atoms with E-state index in [1.54, 1.807) is 0 Å². The second-order valence-corrected chi connectivity index (χ2v) is 3.51. The van der Waals surface area contributed by atoms with Gasteiger partial charge in [-0.15, -0.1) is 0 Å². The first kappa shape index (κ1) is 5.18. The molecule has 0 amide bonds. The van der Waals surface area contributed by atoms with Crippen molar-refractivity contribution in [1.82, 2.24) is 0 Å². The molecule has 3 heteroatoms. The molecule has 0 unspecified atom stereocenters. The average molecular weight is 137 g/mol. The van der Waals surface area contributed by atoms with Gasteiger partial charge in [0.2, 0.25) is 0 Å². The summed E-state index contributed by atoms with van der Waals surface area (Å²) in [5.41, 5.74) is 0. The van der Waals surface area contributed by atoms with Crippen molar-refractivity contribution in [3.05, 3.63) is 0 Å². The molecule has 0 heterocycles. The second kappa shape index (κ2) is 4.18. The van der Waals surface area contributed by atoms with Crippen molar-refractivity contribution >= 4 is 31.1 Å². The monoisotopic (exact) mass is 136 g/mol. The maximum Gasteiger partial charge on any atom is 0.511 e. The van der Waals surface area contributed by atoms with E-state index in [1.807, 2.05) is 0 Å². The molecular weight excluding hydrogens is 135 g/mol. The van der Waals surface area contributed by atoms with E-state index in [0.717, 1.165) is 0 Å². The van der Waals surface area contributed by atoms with Gasteiger partial charge in [0, 0.05) is 4.80 Å². The molecule has 22 valence electrons. The van der Waals surface area contributed by atoms with Crippen molar-refractivity contribution in [2.45, 2.75) is 0 Å². The van der Waals surface area contributed by atoms with Crippen molar-refractivity contribution in [2.75, 3.05) is 4.80 Å². The van der Waals surface area contributed by atoms with E-state index < -0.39 is 18.2 Å². The molecule has 0 aromatic carbocycles. The smallest absolute Gasteiger partial charge is 0.302 e. The number of hydrogen-bond acceptors (Lipinski definition) is 0. The molecule has 0 saturated heterocycles. The molecule has 0 nitrogen and oxygen atoms in total. The zero-order valence-corrected chi connectivity index (χ0v) is 5.17. The summed E-state index contributed by atoms with van der Waals surface area (Å²) in [6.45, 7) is 0. The molecule has 0 radical (unpaired) electrons. The summed E-state index contributed by atoms with van der Waals surface area (Å²) in [5, 5.41) is 0. The van der Waals surface area contributed by atoms with Crippen LogP contribution >= 0.6 is 12.9 Å². The Hall–Kier alpha value is 1.18. The van der Waals surface area contributed by atoms with Crippen molar-refractivity contribution in [1.29, 1.82) is 0 Å². The van der Waals surface area contributed by atoms with Crippen molar-refractivity contribution < 1.29 is 4.39 Å². The van der Waals surface area contributed by atoms with E-state index in [0.29, 0.717) is 0 Å². The molecule has 0 aliphatic rings. The summed E-state index contributed by atoms with van der Waals surface area (Å²) < 4.78 is 10.7. The van der Waals surface area contributed by atoms with E-state index in [2.05, 4.69) is 12.9 Å². The van der Waals surface area contributed by atoms with Crippen molar-refractivity contribution in [3.8, 4) is 0 Å². The summed E-state index contributed by atoms with van der Waals surface area (Å²) in [4.78, 5) is -0.125. The molecule has 0 spiro atoms. The Labute approximate surface area is 40.4 Å². The number of hydrogen-bond donors (Lipinski definition) is 0. The minimum Gasteiger partial charge on any atom is -0.302 e. The summed E-state index contributed by atoms with van der Waals surface area (Å²) in [6.07, 6.45) is 0. The fraction of sp³-hybridized carbons (Fsp3) is 1.00. The molecule has 0 rings (SSSR count).